The molecular formula is C13H14BrN3. The zero-order chi connectivity index (χ0) is 12.3. The Balaban J connectivity index is 2.26. The molecule has 1 heterocycles. The van der Waals surface area contributed by atoms with E-state index in [-0.39, 0.29) is 6.04 Å². The van der Waals surface area contributed by atoms with Crippen LogP contribution in [0.2, 0.25) is 0 Å². The number of halogens is 1. The Kier molecular flexibility index (Phi) is 3.76. The van der Waals surface area contributed by atoms with E-state index in [4.69, 9.17) is 5.73 Å². The lowest BCUT2D eigenvalue weighted by atomic mass is 10.1. The number of pyridine rings is 1. The molecule has 1 aromatic heterocycles. The third kappa shape index (κ3) is 3.05. The Morgan fingerprint density at radius 3 is 2.65 bits per heavy atom. The summed E-state index contributed by atoms with van der Waals surface area (Å²) in [7, 11) is 0. The fraction of sp³-hybridized carbons (Fsp3) is 0.154. The molecule has 0 spiro atoms. The average Bonchev–Trinajstić information content (AvgIpc) is 2.32. The van der Waals surface area contributed by atoms with Gasteiger partial charge in [0.15, 0.2) is 0 Å². The summed E-state index contributed by atoms with van der Waals surface area (Å²) in [6.07, 6.45) is 1.76. The maximum Gasteiger partial charge on any atom is 0.130 e. The third-order valence-corrected chi connectivity index (χ3v) is 2.91. The molecule has 0 amide bonds. The largest absolute Gasteiger partial charge is 0.340 e. The number of nitrogens with one attached hydrogen (secondary N) is 1. The van der Waals surface area contributed by atoms with Crippen molar-refractivity contribution in [2.75, 3.05) is 5.32 Å². The SMILES string of the molecule is CC(N)c1ccccc1Nc1ccc(Br)cn1. The molecule has 3 N–H and O–H groups in total. The van der Waals surface area contributed by atoms with Gasteiger partial charge in [0.25, 0.3) is 0 Å². The Hall–Kier alpha value is -1.39. The van der Waals surface area contributed by atoms with Gasteiger partial charge in [0, 0.05) is 22.4 Å². The zero-order valence-electron chi connectivity index (χ0n) is 9.52. The Morgan fingerprint density at radius 2 is 2.00 bits per heavy atom. The minimum Gasteiger partial charge on any atom is -0.340 e. The predicted octanol–water partition coefficient (Wildman–Crippen LogP) is 3.61. The molecule has 0 saturated heterocycles. The van der Waals surface area contributed by atoms with E-state index >= 15 is 0 Å². The van der Waals surface area contributed by atoms with Crippen molar-refractivity contribution in [1.82, 2.24) is 4.98 Å². The van der Waals surface area contributed by atoms with Gasteiger partial charge in [0.1, 0.15) is 5.82 Å². The average molecular weight is 292 g/mol. The van der Waals surface area contributed by atoms with Gasteiger partial charge in [0.05, 0.1) is 0 Å². The Labute approximate surface area is 109 Å². The number of hydrogen-bond acceptors (Lipinski definition) is 3. The molecule has 4 heteroatoms. The molecule has 0 bridgehead atoms. The summed E-state index contributed by atoms with van der Waals surface area (Å²) in [6, 6.07) is 11.8. The highest BCUT2D eigenvalue weighted by Crippen LogP contribution is 2.24. The molecule has 0 aliphatic heterocycles. The normalized spacial score (nSPS) is 12.2. The van der Waals surface area contributed by atoms with E-state index in [0.29, 0.717) is 0 Å². The quantitative estimate of drug-likeness (QED) is 0.908. The summed E-state index contributed by atoms with van der Waals surface area (Å²) in [4.78, 5) is 4.28. The van der Waals surface area contributed by atoms with Gasteiger partial charge in [-0.25, -0.2) is 4.98 Å². The first kappa shape index (κ1) is 12.1. The molecule has 0 radical (unpaired) electrons. The molecule has 0 fully saturated rings. The van der Waals surface area contributed by atoms with Crippen LogP contribution >= 0.6 is 15.9 Å². The van der Waals surface area contributed by atoms with Crippen LogP contribution in [0.3, 0.4) is 0 Å². The number of benzene rings is 1. The summed E-state index contributed by atoms with van der Waals surface area (Å²) in [5.74, 6) is 0.807. The highest BCUT2D eigenvalue weighted by Gasteiger charge is 2.06. The van der Waals surface area contributed by atoms with Crippen molar-refractivity contribution in [1.29, 1.82) is 0 Å². The topological polar surface area (TPSA) is 50.9 Å². The molecular weight excluding hydrogens is 278 g/mol. The molecule has 88 valence electrons. The summed E-state index contributed by atoms with van der Waals surface area (Å²) < 4.78 is 0.962. The van der Waals surface area contributed by atoms with Crippen LogP contribution in [-0.4, -0.2) is 4.98 Å². The van der Waals surface area contributed by atoms with Crippen LogP contribution in [-0.2, 0) is 0 Å². The van der Waals surface area contributed by atoms with Gasteiger partial charge in [-0.1, -0.05) is 18.2 Å². The van der Waals surface area contributed by atoms with E-state index in [9.17, 15) is 0 Å². The lowest BCUT2D eigenvalue weighted by molar-refractivity contribution is 0.820. The van der Waals surface area contributed by atoms with E-state index in [1.165, 1.54) is 0 Å². The second-order valence-electron chi connectivity index (χ2n) is 3.86. The van der Waals surface area contributed by atoms with Gasteiger partial charge in [-0.15, -0.1) is 0 Å². The summed E-state index contributed by atoms with van der Waals surface area (Å²) in [5, 5.41) is 3.27. The van der Waals surface area contributed by atoms with Crippen LogP contribution in [0.15, 0.2) is 47.1 Å². The number of aromatic nitrogens is 1. The molecule has 3 nitrogen and oxygen atoms in total. The standard InChI is InChI=1S/C13H14BrN3/c1-9(15)11-4-2-3-5-12(11)17-13-7-6-10(14)8-16-13/h2-9H,15H2,1H3,(H,16,17). The van der Waals surface area contributed by atoms with Crippen molar-refractivity contribution in [3.05, 3.63) is 52.6 Å². The van der Waals surface area contributed by atoms with E-state index in [1.807, 2.05) is 43.3 Å². The van der Waals surface area contributed by atoms with Gasteiger partial charge in [-0.2, -0.15) is 0 Å². The van der Waals surface area contributed by atoms with Crippen LogP contribution in [0.1, 0.15) is 18.5 Å². The smallest absolute Gasteiger partial charge is 0.130 e. The van der Waals surface area contributed by atoms with Crippen LogP contribution in [0, 0.1) is 0 Å². The van der Waals surface area contributed by atoms with Crippen LogP contribution in [0.4, 0.5) is 11.5 Å². The summed E-state index contributed by atoms with van der Waals surface area (Å²) in [6.45, 7) is 1.97. The van der Waals surface area contributed by atoms with E-state index in [2.05, 4.69) is 26.2 Å². The second-order valence-corrected chi connectivity index (χ2v) is 4.78. The molecule has 2 aromatic rings. The lowest BCUT2D eigenvalue weighted by Gasteiger charge is -2.13. The van der Waals surface area contributed by atoms with E-state index in [0.717, 1.165) is 21.5 Å². The minimum absolute atomic E-state index is 0.00542. The first-order valence-corrected chi connectivity index (χ1v) is 6.19. The van der Waals surface area contributed by atoms with Crippen molar-refractivity contribution in [2.24, 2.45) is 5.73 Å². The molecule has 0 saturated carbocycles. The number of rotatable bonds is 3. The van der Waals surface area contributed by atoms with Crippen LogP contribution < -0.4 is 11.1 Å². The molecule has 1 unspecified atom stereocenters. The van der Waals surface area contributed by atoms with Crippen LogP contribution in [0.25, 0.3) is 0 Å². The first-order chi connectivity index (χ1) is 8.16. The van der Waals surface area contributed by atoms with Gasteiger partial charge in [0.2, 0.25) is 0 Å². The maximum absolute atomic E-state index is 5.92. The minimum atomic E-state index is -0.00542. The number of anilines is 2. The fourth-order valence-corrected chi connectivity index (χ4v) is 1.83. The molecule has 1 aromatic carbocycles. The van der Waals surface area contributed by atoms with Crippen molar-refractivity contribution in [3.63, 3.8) is 0 Å². The molecule has 17 heavy (non-hydrogen) atoms. The molecule has 2 rings (SSSR count). The highest BCUT2D eigenvalue weighted by atomic mass is 79.9. The molecule has 0 aliphatic rings. The van der Waals surface area contributed by atoms with E-state index < -0.39 is 0 Å². The number of nitrogens with two attached hydrogens (primary N) is 1. The highest BCUT2D eigenvalue weighted by molar-refractivity contribution is 9.10. The van der Waals surface area contributed by atoms with Crippen molar-refractivity contribution in [3.8, 4) is 0 Å². The van der Waals surface area contributed by atoms with Crippen LogP contribution in [0.5, 0.6) is 0 Å². The van der Waals surface area contributed by atoms with Crippen molar-refractivity contribution < 1.29 is 0 Å². The van der Waals surface area contributed by atoms with Gasteiger partial charge >= 0.3 is 0 Å². The Morgan fingerprint density at radius 1 is 1.24 bits per heavy atom. The second kappa shape index (κ2) is 5.29. The molecule has 1 atom stereocenters. The van der Waals surface area contributed by atoms with Crippen molar-refractivity contribution in [2.45, 2.75) is 13.0 Å². The monoisotopic (exact) mass is 291 g/mol. The third-order valence-electron chi connectivity index (χ3n) is 2.44. The predicted molar refractivity (Wildman–Crippen MR) is 74.3 cm³/mol. The number of hydrogen-bond donors (Lipinski definition) is 2. The first-order valence-electron chi connectivity index (χ1n) is 5.40. The van der Waals surface area contributed by atoms with Crippen molar-refractivity contribution >= 4 is 27.4 Å². The summed E-state index contributed by atoms with van der Waals surface area (Å²) >= 11 is 3.36. The number of para-hydroxylation sites is 1. The fourth-order valence-electron chi connectivity index (χ4n) is 1.60. The number of nitrogens with zero attached hydrogens (tertiary/aromatic N) is 1. The molecule has 0 aliphatic carbocycles. The Bertz CT molecular complexity index is 494. The maximum atomic E-state index is 5.92. The van der Waals surface area contributed by atoms with Gasteiger partial charge < -0.3 is 11.1 Å². The van der Waals surface area contributed by atoms with Gasteiger partial charge in [-0.3, -0.25) is 0 Å². The van der Waals surface area contributed by atoms with Gasteiger partial charge in [-0.05, 0) is 46.6 Å². The lowest BCUT2D eigenvalue weighted by Crippen LogP contribution is -2.08. The zero-order valence-corrected chi connectivity index (χ0v) is 11.1. The van der Waals surface area contributed by atoms with E-state index in [1.54, 1.807) is 6.20 Å². The summed E-state index contributed by atoms with van der Waals surface area (Å²) in [5.41, 5.74) is 8.00.